The number of amides is 1. The van der Waals surface area contributed by atoms with Crippen LogP contribution in [0.5, 0.6) is 5.75 Å². The molecule has 0 radical (unpaired) electrons. The molecule has 0 aromatic heterocycles. The van der Waals surface area contributed by atoms with Crippen LogP contribution in [0.3, 0.4) is 0 Å². The Morgan fingerprint density at radius 3 is 1.97 bits per heavy atom. The summed E-state index contributed by atoms with van der Waals surface area (Å²) in [6.45, 7) is 2.14. The Morgan fingerprint density at radius 2 is 1.49 bits per heavy atom. The summed E-state index contributed by atoms with van der Waals surface area (Å²) < 4.78 is 42.1. The standard InChI is InChI=1S/C24H28N2O8S/c1-15-11-20(5-6-21(15)32-2)35(30,31)26-9-7-16(8-10-26)22(27)25-19-13-17(23(28)33-3)12-18(14-19)24(29)34-4/h5-6,11-14,16H,7-10H2,1-4H3,(H,25,27). The van der Waals surface area contributed by atoms with Gasteiger partial charge in [-0.3, -0.25) is 4.79 Å². The summed E-state index contributed by atoms with van der Waals surface area (Å²) in [7, 11) is 0.229. The van der Waals surface area contributed by atoms with E-state index in [4.69, 9.17) is 14.2 Å². The number of benzene rings is 2. The summed E-state index contributed by atoms with van der Waals surface area (Å²) >= 11 is 0. The van der Waals surface area contributed by atoms with Gasteiger partial charge in [0.2, 0.25) is 15.9 Å². The number of carbonyl (C=O) groups excluding carboxylic acids is 3. The van der Waals surface area contributed by atoms with Crippen molar-refractivity contribution in [1.29, 1.82) is 0 Å². The predicted octanol–water partition coefficient (Wildman–Crippen LogP) is 2.62. The van der Waals surface area contributed by atoms with Crippen molar-refractivity contribution in [1.82, 2.24) is 4.31 Å². The van der Waals surface area contributed by atoms with Gasteiger partial charge in [-0.1, -0.05) is 0 Å². The number of nitrogens with one attached hydrogen (secondary N) is 1. The lowest BCUT2D eigenvalue weighted by molar-refractivity contribution is -0.120. The molecule has 1 aliphatic rings. The van der Waals surface area contributed by atoms with Gasteiger partial charge in [-0.15, -0.1) is 0 Å². The molecule has 0 unspecified atom stereocenters. The second-order valence-electron chi connectivity index (χ2n) is 8.08. The molecule has 1 amide bonds. The van der Waals surface area contributed by atoms with Gasteiger partial charge < -0.3 is 19.5 Å². The third kappa shape index (κ3) is 5.80. The fraction of sp³-hybridized carbons (Fsp3) is 0.375. The van der Waals surface area contributed by atoms with Crippen LogP contribution >= 0.6 is 0 Å². The fourth-order valence-corrected chi connectivity index (χ4v) is 5.49. The van der Waals surface area contributed by atoms with Gasteiger partial charge in [-0.2, -0.15) is 4.31 Å². The van der Waals surface area contributed by atoms with Crippen LogP contribution < -0.4 is 10.1 Å². The molecule has 1 N–H and O–H groups in total. The first-order valence-corrected chi connectivity index (χ1v) is 12.3. The number of esters is 2. The van der Waals surface area contributed by atoms with Gasteiger partial charge in [0.25, 0.3) is 0 Å². The number of methoxy groups -OCH3 is 3. The van der Waals surface area contributed by atoms with E-state index in [-0.39, 0.29) is 40.7 Å². The minimum Gasteiger partial charge on any atom is -0.496 e. The maximum Gasteiger partial charge on any atom is 0.337 e. The minimum absolute atomic E-state index is 0.0846. The highest BCUT2D eigenvalue weighted by Gasteiger charge is 2.32. The molecule has 1 fully saturated rings. The van der Waals surface area contributed by atoms with Crippen molar-refractivity contribution in [2.45, 2.75) is 24.7 Å². The Kier molecular flexibility index (Phi) is 8.13. The van der Waals surface area contributed by atoms with Gasteiger partial charge in [0.1, 0.15) is 5.75 Å². The van der Waals surface area contributed by atoms with Crippen LogP contribution in [0.25, 0.3) is 0 Å². The largest absolute Gasteiger partial charge is 0.496 e. The molecule has 0 bridgehead atoms. The maximum atomic E-state index is 13.1. The van der Waals surface area contributed by atoms with Gasteiger partial charge >= 0.3 is 11.9 Å². The van der Waals surface area contributed by atoms with Gasteiger partial charge in [-0.25, -0.2) is 18.0 Å². The number of hydrogen-bond donors (Lipinski definition) is 1. The maximum absolute atomic E-state index is 13.1. The summed E-state index contributed by atoms with van der Waals surface area (Å²) in [5, 5.41) is 2.72. The molecule has 35 heavy (non-hydrogen) atoms. The third-order valence-electron chi connectivity index (χ3n) is 5.87. The first-order chi connectivity index (χ1) is 16.6. The van der Waals surface area contributed by atoms with E-state index < -0.39 is 27.9 Å². The molecule has 1 aliphatic heterocycles. The highest BCUT2D eigenvalue weighted by atomic mass is 32.2. The highest BCUT2D eigenvalue weighted by Crippen LogP contribution is 2.28. The van der Waals surface area contributed by atoms with Gasteiger partial charge in [0.15, 0.2) is 0 Å². The number of sulfonamides is 1. The average molecular weight is 505 g/mol. The topological polar surface area (TPSA) is 128 Å². The number of rotatable bonds is 7. The number of ether oxygens (including phenoxy) is 3. The predicted molar refractivity (Wildman–Crippen MR) is 127 cm³/mol. The van der Waals surface area contributed by atoms with Gasteiger partial charge in [0.05, 0.1) is 37.4 Å². The van der Waals surface area contributed by atoms with Gasteiger partial charge in [0, 0.05) is 24.7 Å². The van der Waals surface area contributed by atoms with E-state index in [0.29, 0.717) is 24.2 Å². The molecule has 1 heterocycles. The number of hydrogen-bond acceptors (Lipinski definition) is 8. The summed E-state index contributed by atoms with van der Waals surface area (Å²) in [5.74, 6) is -1.51. The molecular weight excluding hydrogens is 476 g/mol. The van der Waals surface area contributed by atoms with Crippen LogP contribution in [0.2, 0.25) is 0 Å². The summed E-state index contributed by atoms with van der Waals surface area (Å²) in [6, 6.07) is 8.82. The lowest BCUT2D eigenvalue weighted by Gasteiger charge is -2.30. The second-order valence-corrected chi connectivity index (χ2v) is 10.0. The molecule has 1 saturated heterocycles. The van der Waals surface area contributed by atoms with Gasteiger partial charge in [-0.05, 0) is 61.7 Å². The van der Waals surface area contributed by atoms with E-state index in [0.717, 1.165) is 0 Å². The number of piperidine rings is 1. The van der Waals surface area contributed by atoms with Crippen molar-refractivity contribution in [2.24, 2.45) is 5.92 Å². The van der Waals surface area contributed by atoms with E-state index >= 15 is 0 Å². The first-order valence-electron chi connectivity index (χ1n) is 10.9. The monoisotopic (exact) mass is 504 g/mol. The Bertz CT molecular complexity index is 1200. The number of nitrogens with zero attached hydrogens (tertiary/aromatic N) is 1. The normalized spacial score (nSPS) is 14.7. The Morgan fingerprint density at radius 1 is 0.914 bits per heavy atom. The van der Waals surface area contributed by atoms with Crippen LogP contribution in [0.1, 0.15) is 39.1 Å². The van der Waals surface area contributed by atoms with Crippen molar-refractivity contribution in [3.05, 3.63) is 53.1 Å². The molecular formula is C24H28N2O8S. The quantitative estimate of drug-likeness (QED) is 0.570. The van der Waals surface area contributed by atoms with E-state index in [1.54, 1.807) is 19.1 Å². The number of anilines is 1. The fourth-order valence-electron chi connectivity index (χ4n) is 3.93. The molecule has 0 spiro atoms. The van der Waals surface area contributed by atoms with Crippen molar-refractivity contribution < 1.29 is 37.0 Å². The minimum atomic E-state index is -3.71. The average Bonchev–Trinajstić information content (AvgIpc) is 2.87. The molecule has 11 heteroatoms. The summed E-state index contributed by atoms with van der Waals surface area (Å²) in [5.41, 5.74) is 1.12. The van der Waals surface area contributed by atoms with E-state index in [9.17, 15) is 22.8 Å². The lowest BCUT2D eigenvalue weighted by atomic mass is 9.97. The Labute approximate surface area is 204 Å². The zero-order chi connectivity index (χ0) is 25.8. The lowest BCUT2D eigenvalue weighted by Crippen LogP contribution is -2.41. The first kappa shape index (κ1) is 26.2. The molecule has 0 atom stereocenters. The third-order valence-corrected chi connectivity index (χ3v) is 7.77. The smallest absolute Gasteiger partial charge is 0.337 e. The van der Waals surface area contributed by atoms with Crippen molar-refractivity contribution in [2.75, 3.05) is 39.7 Å². The highest BCUT2D eigenvalue weighted by molar-refractivity contribution is 7.89. The molecule has 2 aromatic rings. The molecule has 3 rings (SSSR count). The number of aryl methyl sites for hydroxylation is 1. The van der Waals surface area contributed by atoms with Crippen LogP contribution in [0.15, 0.2) is 41.3 Å². The summed E-state index contributed by atoms with van der Waals surface area (Å²) in [6.07, 6.45) is 0.640. The second kappa shape index (κ2) is 10.9. The SMILES string of the molecule is COC(=O)c1cc(NC(=O)C2CCN(S(=O)(=O)c3ccc(OC)c(C)c3)CC2)cc(C(=O)OC)c1. The molecule has 10 nitrogen and oxygen atoms in total. The molecule has 0 aliphatic carbocycles. The van der Waals surface area contributed by atoms with Crippen molar-refractivity contribution in [3.63, 3.8) is 0 Å². The van der Waals surface area contributed by atoms with Crippen molar-refractivity contribution >= 4 is 33.6 Å². The van der Waals surface area contributed by atoms with E-state index in [2.05, 4.69) is 5.32 Å². The zero-order valence-corrected chi connectivity index (χ0v) is 20.8. The molecule has 188 valence electrons. The van der Waals surface area contributed by atoms with E-state index in [1.807, 2.05) is 0 Å². The van der Waals surface area contributed by atoms with Crippen LogP contribution in [-0.2, 0) is 24.3 Å². The Balaban J connectivity index is 1.70. The Hall–Kier alpha value is -3.44. The number of carbonyl (C=O) groups is 3. The van der Waals surface area contributed by atoms with E-state index in [1.165, 1.54) is 49.9 Å². The molecule has 0 saturated carbocycles. The van der Waals surface area contributed by atoms with Crippen LogP contribution in [0.4, 0.5) is 5.69 Å². The zero-order valence-electron chi connectivity index (χ0n) is 20.0. The van der Waals surface area contributed by atoms with Crippen LogP contribution in [0, 0.1) is 12.8 Å². The van der Waals surface area contributed by atoms with Crippen LogP contribution in [-0.4, -0.2) is 65.0 Å². The molecule has 2 aromatic carbocycles. The van der Waals surface area contributed by atoms with Crippen molar-refractivity contribution in [3.8, 4) is 5.75 Å². The summed E-state index contributed by atoms with van der Waals surface area (Å²) in [4.78, 5) is 37.0.